The number of rotatable bonds is 0. The number of H-pyrrole nitrogens is 2. The number of aromatic amines is 2. The van der Waals surface area contributed by atoms with E-state index in [4.69, 9.17) is 0 Å². The number of aromatic nitrogens is 4. The van der Waals surface area contributed by atoms with Crippen molar-refractivity contribution in [2.45, 2.75) is 0 Å². The molecule has 3 aromatic heterocycles. The van der Waals surface area contributed by atoms with Crippen molar-refractivity contribution >= 4 is 46.4 Å². The van der Waals surface area contributed by atoms with Gasteiger partial charge in [0.2, 0.25) is 0 Å². The van der Waals surface area contributed by atoms with Crippen molar-refractivity contribution in [1.29, 1.82) is 0 Å². The standard InChI is InChI=1S/C20H14N4.Rh/c1-2-14-10-16-5-6-18(23-16)12-20-8-7-19(24-20)11-17-4-3-15(22-17)9-13(1)21-14;/h1-12,21,24H;. The van der Waals surface area contributed by atoms with E-state index in [0.29, 0.717) is 0 Å². The second-order valence-corrected chi connectivity index (χ2v) is 5.91. The van der Waals surface area contributed by atoms with Crippen molar-refractivity contribution < 1.29 is 19.5 Å². The average Bonchev–Trinajstić information content (AvgIpc) is 3.32. The van der Waals surface area contributed by atoms with Crippen LogP contribution >= 0.6 is 0 Å². The first-order valence-corrected chi connectivity index (χ1v) is 7.85. The molecular formula is C20H14N4Rh. The van der Waals surface area contributed by atoms with Gasteiger partial charge in [0.25, 0.3) is 0 Å². The van der Waals surface area contributed by atoms with Gasteiger partial charge in [-0.15, -0.1) is 0 Å². The molecule has 2 aliphatic heterocycles. The Morgan fingerprint density at radius 2 is 0.760 bits per heavy atom. The molecule has 25 heavy (non-hydrogen) atoms. The van der Waals surface area contributed by atoms with E-state index in [9.17, 15) is 0 Å². The zero-order valence-electron chi connectivity index (χ0n) is 13.2. The fraction of sp³-hybridized carbons (Fsp3) is 0. The fourth-order valence-electron chi connectivity index (χ4n) is 2.94. The molecule has 0 unspecified atom stereocenters. The van der Waals surface area contributed by atoms with Gasteiger partial charge in [-0.2, -0.15) is 0 Å². The molecule has 0 saturated carbocycles. The van der Waals surface area contributed by atoms with Gasteiger partial charge >= 0.3 is 0 Å². The summed E-state index contributed by atoms with van der Waals surface area (Å²) < 4.78 is 0. The van der Waals surface area contributed by atoms with Crippen LogP contribution in [-0.4, -0.2) is 19.9 Å². The topological polar surface area (TPSA) is 57.4 Å². The molecule has 123 valence electrons. The Morgan fingerprint density at radius 3 is 1.04 bits per heavy atom. The Kier molecular flexibility index (Phi) is 3.94. The van der Waals surface area contributed by atoms with Gasteiger partial charge in [0.1, 0.15) is 0 Å². The quantitative estimate of drug-likeness (QED) is 0.363. The van der Waals surface area contributed by atoms with Crippen LogP contribution in [0.5, 0.6) is 0 Å². The van der Waals surface area contributed by atoms with Crippen molar-refractivity contribution in [1.82, 2.24) is 19.9 Å². The first-order chi connectivity index (χ1) is 11.8. The number of fused-ring (bicyclic) bond motifs is 8. The minimum absolute atomic E-state index is 0. The van der Waals surface area contributed by atoms with E-state index in [0.717, 1.165) is 44.8 Å². The smallest absolute Gasteiger partial charge is 0.0658 e. The van der Waals surface area contributed by atoms with Gasteiger partial charge in [0, 0.05) is 41.5 Å². The summed E-state index contributed by atoms with van der Waals surface area (Å²) in [6, 6.07) is 16.4. The summed E-state index contributed by atoms with van der Waals surface area (Å²) in [6.45, 7) is 0. The van der Waals surface area contributed by atoms with Crippen LogP contribution in [0.2, 0.25) is 0 Å². The predicted molar refractivity (Wildman–Crippen MR) is 98.9 cm³/mol. The molecule has 8 bridgehead atoms. The first-order valence-electron chi connectivity index (χ1n) is 7.85. The molecule has 5 rings (SSSR count). The Labute approximate surface area is 157 Å². The molecule has 0 aromatic carbocycles. The normalized spacial score (nSPS) is 12.2. The van der Waals surface area contributed by atoms with Crippen LogP contribution in [0.3, 0.4) is 0 Å². The average molecular weight is 413 g/mol. The van der Waals surface area contributed by atoms with E-state index >= 15 is 0 Å². The molecule has 0 aliphatic carbocycles. The molecule has 3 aromatic rings. The summed E-state index contributed by atoms with van der Waals surface area (Å²) in [5, 5.41) is 0. The van der Waals surface area contributed by atoms with Crippen molar-refractivity contribution in [3.63, 3.8) is 0 Å². The summed E-state index contributed by atoms with van der Waals surface area (Å²) in [7, 11) is 0. The SMILES string of the molecule is C1=Cc2cc3ccc(cc4nc(cc5ccc(cc1n2)[nH]5)C=C4)[nH]3.[Rh]. The molecule has 0 amide bonds. The van der Waals surface area contributed by atoms with Crippen LogP contribution in [-0.2, 0) is 19.5 Å². The van der Waals surface area contributed by atoms with Gasteiger partial charge in [-0.25, -0.2) is 9.97 Å². The zero-order chi connectivity index (χ0) is 15.9. The third kappa shape index (κ3) is 3.24. The molecule has 5 heterocycles. The summed E-state index contributed by atoms with van der Waals surface area (Å²) >= 11 is 0. The maximum absolute atomic E-state index is 4.63. The van der Waals surface area contributed by atoms with Crippen LogP contribution in [0.4, 0.5) is 0 Å². The molecule has 0 atom stereocenters. The van der Waals surface area contributed by atoms with Crippen LogP contribution < -0.4 is 0 Å². The van der Waals surface area contributed by atoms with Crippen LogP contribution in [0, 0.1) is 0 Å². The summed E-state index contributed by atoms with van der Waals surface area (Å²) in [6.07, 6.45) is 8.09. The largest absolute Gasteiger partial charge is 0.355 e. The zero-order valence-corrected chi connectivity index (χ0v) is 14.8. The van der Waals surface area contributed by atoms with E-state index in [2.05, 4.69) is 44.2 Å². The second kappa shape index (κ2) is 6.26. The van der Waals surface area contributed by atoms with Crippen molar-refractivity contribution in [3.05, 3.63) is 71.3 Å². The second-order valence-electron chi connectivity index (χ2n) is 5.91. The van der Waals surface area contributed by atoms with Gasteiger partial charge in [-0.1, -0.05) is 0 Å². The molecule has 2 aliphatic rings. The monoisotopic (exact) mass is 413 g/mol. The molecule has 0 spiro atoms. The van der Waals surface area contributed by atoms with Gasteiger partial charge in [0.15, 0.2) is 0 Å². The van der Waals surface area contributed by atoms with E-state index in [-0.39, 0.29) is 19.5 Å². The van der Waals surface area contributed by atoms with E-state index in [1.807, 2.05) is 48.6 Å². The predicted octanol–water partition coefficient (Wildman–Crippen LogP) is 4.65. The van der Waals surface area contributed by atoms with Crippen LogP contribution in [0.1, 0.15) is 22.8 Å². The minimum atomic E-state index is 0. The third-order valence-corrected chi connectivity index (χ3v) is 4.04. The Balaban J connectivity index is 0.00000157. The first kappa shape index (κ1) is 15.7. The molecule has 0 fully saturated rings. The third-order valence-electron chi connectivity index (χ3n) is 4.04. The number of hydrogen-bond donors (Lipinski definition) is 2. The number of hydrogen-bond acceptors (Lipinski definition) is 2. The maximum atomic E-state index is 4.63. The Bertz CT molecular complexity index is 990. The molecule has 1 radical (unpaired) electrons. The molecule has 2 N–H and O–H groups in total. The van der Waals surface area contributed by atoms with Gasteiger partial charge in [0.05, 0.1) is 22.8 Å². The van der Waals surface area contributed by atoms with Gasteiger partial charge < -0.3 is 9.97 Å². The van der Waals surface area contributed by atoms with E-state index in [1.54, 1.807) is 0 Å². The Morgan fingerprint density at radius 1 is 0.480 bits per heavy atom. The molecule has 0 saturated heterocycles. The van der Waals surface area contributed by atoms with Crippen molar-refractivity contribution in [2.75, 3.05) is 0 Å². The van der Waals surface area contributed by atoms with Crippen molar-refractivity contribution in [3.8, 4) is 0 Å². The van der Waals surface area contributed by atoms with Gasteiger partial charge in [-0.05, 0) is 72.8 Å². The maximum Gasteiger partial charge on any atom is 0.0658 e. The number of nitrogens with zero attached hydrogens (tertiary/aromatic N) is 2. The van der Waals surface area contributed by atoms with Crippen LogP contribution in [0.15, 0.2) is 48.5 Å². The summed E-state index contributed by atoms with van der Waals surface area (Å²) in [5.41, 5.74) is 7.86. The fourth-order valence-corrected chi connectivity index (χ4v) is 2.94. The summed E-state index contributed by atoms with van der Waals surface area (Å²) in [5.74, 6) is 0. The van der Waals surface area contributed by atoms with Crippen LogP contribution in [0.25, 0.3) is 46.4 Å². The molecular weight excluding hydrogens is 399 g/mol. The minimum Gasteiger partial charge on any atom is -0.355 e. The Hall–Kier alpha value is -2.78. The van der Waals surface area contributed by atoms with Gasteiger partial charge in [-0.3, -0.25) is 0 Å². The van der Waals surface area contributed by atoms with E-state index < -0.39 is 0 Å². The summed E-state index contributed by atoms with van der Waals surface area (Å²) in [4.78, 5) is 16.0. The molecule has 5 heteroatoms. The number of nitrogens with one attached hydrogen (secondary N) is 2. The van der Waals surface area contributed by atoms with Crippen molar-refractivity contribution in [2.24, 2.45) is 0 Å². The van der Waals surface area contributed by atoms with E-state index in [1.165, 1.54) is 0 Å². The molecule has 4 nitrogen and oxygen atoms in total.